The number of carbonyl (C=O) groups is 1. The van der Waals surface area contributed by atoms with E-state index < -0.39 is 15.8 Å². The first kappa shape index (κ1) is 23.9. The van der Waals surface area contributed by atoms with Crippen LogP contribution in [0.3, 0.4) is 0 Å². The summed E-state index contributed by atoms with van der Waals surface area (Å²) >= 11 is 0.368. The van der Waals surface area contributed by atoms with Gasteiger partial charge in [-0.05, 0) is 24.3 Å². The van der Waals surface area contributed by atoms with E-state index in [1.165, 1.54) is 16.6 Å². The quantitative estimate of drug-likeness (QED) is 0.566. The Kier molecular flexibility index (Phi) is 7.47. The van der Waals surface area contributed by atoms with E-state index in [9.17, 15) is 22.0 Å². The van der Waals surface area contributed by atoms with Gasteiger partial charge in [0.25, 0.3) is 11.7 Å². The van der Waals surface area contributed by atoms with Crippen LogP contribution in [-0.4, -0.2) is 86.8 Å². The van der Waals surface area contributed by atoms with Gasteiger partial charge in [-0.3, -0.25) is 4.79 Å². The van der Waals surface area contributed by atoms with Gasteiger partial charge in [-0.1, -0.05) is 23.9 Å². The molecule has 0 unspecified atom stereocenters. The van der Waals surface area contributed by atoms with Crippen LogP contribution in [0.1, 0.15) is 10.4 Å². The van der Waals surface area contributed by atoms with Gasteiger partial charge in [0.05, 0.1) is 18.8 Å². The fourth-order valence-electron chi connectivity index (χ4n) is 3.80. The highest BCUT2D eigenvalue weighted by atomic mass is 32.2. The molecule has 33 heavy (non-hydrogen) atoms. The first-order chi connectivity index (χ1) is 15.9. The van der Waals surface area contributed by atoms with Crippen molar-refractivity contribution in [1.29, 1.82) is 0 Å². The molecular weight excluding hydrogens is 474 g/mol. The van der Waals surface area contributed by atoms with Crippen LogP contribution >= 0.6 is 11.8 Å². The molecule has 0 radical (unpaired) electrons. The summed E-state index contributed by atoms with van der Waals surface area (Å²) in [7, 11) is -3.61. The molecule has 1 amide bonds. The van der Waals surface area contributed by atoms with E-state index in [0.717, 1.165) is 0 Å². The Morgan fingerprint density at radius 3 is 2.33 bits per heavy atom. The molecule has 2 saturated heterocycles. The van der Waals surface area contributed by atoms with Crippen LogP contribution in [0.4, 0.5) is 14.6 Å². The second-order valence-corrected chi connectivity index (χ2v) is 10.5. The minimum atomic E-state index is -3.61. The molecule has 2 aliphatic heterocycles. The first-order valence-electron chi connectivity index (χ1n) is 10.5. The third-order valence-electron chi connectivity index (χ3n) is 5.55. The number of ether oxygens (including phenoxy) is 1. The van der Waals surface area contributed by atoms with Crippen molar-refractivity contribution >= 4 is 33.5 Å². The molecule has 178 valence electrons. The molecule has 0 aliphatic carbocycles. The van der Waals surface area contributed by atoms with Crippen LogP contribution in [0.15, 0.2) is 52.4 Å². The third kappa shape index (κ3) is 5.45. The lowest BCUT2D eigenvalue weighted by atomic mass is 10.2. The summed E-state index contributed by atoms with van der Waals surface area (Å²) in [4.78, 5) is 21.2. The number of carbonyl (C=O) groups excluding carboxylic acids is 1. The smallest absolute Gasteiger partial charge is 0.288 e. The van der Waals surface area contributed by atoms with Gasteiger partial charge in [0.15, 0.2) is 0 Å². The monoisotopic (exact) mass is 498 g/mol. The molecule has 2 fully saturated rings. The van der Waals surface area contributed by atoms with Crippen molar-refractivity contribution in [3.63, 3.8) is 0 Å². The van der Waals surface area contributed by atoms with Crippen LogP contribution in [-0.2, 0) is 14.8 Å². The van der Waals surface area contributed by atoms with E-state index in [1.54, 1.807) is 35.2 Å². The van der Waals surface area contributed by atoms with E-state index in [0.29, 0.717) is 70.1 Å². The largest absolute Gasteiger partial charge is 0.379 e. The van der Waals surface area contributed by atoms with Crippen molar-refractivity contribution < 1.29 is 26.7 Å². The van der Waals surface area contributed by atoms with Gasteiger partial charge in [0.2, 0.25) is 10.0 Å². The molecule has 2 aliphatic rings. The minimum absolute atomic E-state index is 0.134. The molecule has 0 bridgehead atoms. The van der Waals surface area contributed by atoms with E-state index >= 15 is 0 Å². The standard InChI is InChI=1S/C21H24F2N4O4S2/c22-21(23)32-18-4-2-1-3-17(18)20(28)26-9-7-25(8-10-26)19-6-5-16(15-24-19)33(29,30)27-11-13-31-14-12-27/h1-6,15,21H,7-14H2. The lowest BCUT2D eigenvalue weighted by Gasteiger charge is -2.35. The summed E-state index contributed by atoms with van der Waals surface area (Å²) in [6, 6.07) is 9.59. The highest BCUT2D eigenvalue weighted by Gasteiger charge is 2.28. The predicted molar refractivity (Wildman–Crippen MR) is 120 cm³/mol. The van der Waals surface area contributed by atoms with Gasteiger partial charge in [-0.25, -0.2) is 13.4 Å². The number of halogens is 2. The molecule has 3 heterocycles. The number of morpholine rings is 1. The number of sulfonamides is 1. The van der Waals surface area contributed by atoms with Crippen molar-refractivity contribution in [3.8, 4) is 0 Å². The number of anilines is 1. The molecule has 8 nitrogen and oxygen atoms in total. The van der Waals surface area contributed by atoms with Crippen LogP contribution < -0.4 is 4.90 Å². The molecular formula is C21H24F2N4O4S2. The first-order valence-corrected chi connectivity index (χ1v) is 12.8. The third-order valence-corrected chi connectivity index (χ3v) is 8.22. The lowest BCUT2D eigenvalue weighted by Crippen LogP contribution is -2.49. The summed E-state index contributed by atoms with van der Waals surface area (Å²) in [5, 5.41) is 0. The Bertz CT molecular complexity index is 1070. The van der Waals surface area contributed by atoms with E-state index in [1.807, 2.05) is 4.90 Å². The lowest BCUT2D eigenvalue weighted by molar-refractivity contribution is 0.0730. The zero-order chi connectivity index (χ0) is 23.4. The molecule has 0 spiro atoms. The topological polar surface area (TPSA) is 83.1 Å². The van der Waals surface area contributed by atoms with Crippen LogP contribution in [0.5, 0.6) is 0 Å². The van der Waals surface area contributed by atoms with Crippen LogP contribution in [0.25, 0.3) is 0 Å². The van der Waals surface area contributed by atoms with Crippen molar-refractivity contribution in [2.45, 2.75) is 15.5 Å². The molecule has 4 rings (SSSR count). The number of rotatable bonds is 6. The zero-order valence-electron chi connectivity index (χ0n) is 17.8. The summed E-state index contributed by atoms with van der Waals surface area (Å²) in [6.45, 7) is 3.19. The Labute approximate surface area is 195 Å². The fraction of sp³-hybridized carbons (Fsp3) is 0.429. The van der Waals surface area contributed by atoms with Crippen molar-refractivity contribution in [2.75, 3.05) is 57.4 Å². The van der Waals surface area contributed by atoms with Crippen LogP contribution in [0.2, 0.25) is 0 Å². The normalized spacial score (nSPS) is 18.0. The predicted octanol–water partition coefficient (Wildman–Crippen LogP) is 2.38. The highest BCUT2D eigenvalue weighted by molar-refractivity contribution is 7.99. The molecule has 0 atom stereocenters. The number of aromatic nitrogens is 1. The van der Waals surface area contributed by atoms with Gasteiger partial charge < -0.3 is 14.5 Å². The number of pyridine rings is 1. The number of alkyl halides is 2. The number of amides is 1. The van der Waals surface area contributed by atoms with E-state index in [-0.39, 0.29) is 21.3 Å². The van der Waals surface area contributed by atoms with Crippen molar-refractivity contribution in [2.24, 2.45) is 0 Å². The van der Waals surface area contributed by atoms with Crippen molar-refractivity contribution in [1.82, 2.24) is 14.2 Å². The Hall–Kier alpha value is -2.28. The summed E-state index contributed by atoms with van der Waals surface area (Å²) in [5.41, 5.74) is 0.270. The number of hydrogen-bond acceptors (Lipinski definition) is 7. The molecule has 1 aromatic carbocycles. The fourth-order valence-corrected chi connectivity index (χ4v) is 5.78. The zero-order valence-corrected chi connectivity index (χ0v) is 19.4. The number of benzene rings is 1. The second-order valence-electron chi connectivity index (χ2n) is 7.52. The maximum Gasteiger partial charge on any atom is 0.288 e. The number of thioether (sulfide) groups is 1. The second kappa shape index (κ2) is 10.3. The summed E-state index contributed by atoms with van der Waals surface area (Å²) in [6.07, 6.45) is 1.36. The SMILES string of the molecule is O=C(c1ccccc1SC(F)F)N1CCN(c2ccc(S(=O)(=O)N3CCOCC3)cn2)CC1. The maximum atomic E-state index is 12.9. The molecule has 1 aromatic heterocycles. The number of piperazine rings is 1. The van der Waals surface area contributed by atoms with Crippen molar-refractivity contribution in [3.05, 3.63) is 48.2 Å². The Morgan fingerprint density at radius 1 is 1.00 bits per heavy atom. The number of nitrogens with zero attached hydrogens (tertiary/aromatic N) is 4. The van der Waals surface area contributed by atoms with E-state index in [4.69, 9.17) is 4.74 Å². The van der Waals surface area contributed by atoms with Gasteiger partial charge in [-0.2, -0.15) is 13.1 Å². The van der Waals surface area contributed by atoms with Crippen LogP contribution in [0, 0.1) is 0 Å². The number of hydrogen-bond donors (Lipinski definition) is 0. The van der Waals surface area contributed by atoms with Gasteiger partial charge >= 0.3 is 0 Å². The highest BCUT2D eigenvalue weighted by Crippen LogP contribution is 2.29. The van der Waals surface area contributed by atoms with Gasteiger partial charge in [-0.15, -0.1) is 0 Å². The van der Waals surface area contributed by atoms with Gasteiger partial charge in [0, 0.05) is 50.4 Å². The maximum absolute atomic E-state index is 12.9. The minimum Gasteiger partial charge on any atom is -0.379 e. The Morgan fingerprint density at radius 2 is 1.70 bits per heavy atom. The Balaban J connectivity index is 1.39. The molecule has 0 saturated carbocycles. The summed E-state index contributed by atoms with van der Waals surface area (Å²) in [5.74, 6) is -2.26. The molecule has 2 aromatic rings. The average molecular weight is 499 g/mol. The average Bonchev–Trinajstić information content (AvgIpc) is 2.84. The molecule has 12 heteroatoms. The van der Waals surface area contributed by atoms with Gasteiger partial charge in [0.1, 0.15) is 10.7 Å². The molecule has 0 N–H and O–H groups in total. The van der Waals surface area contributed by atoms with E-state index in [2.05, 4.69) is 4.98 Å². The summed E-state index contributed by atoms with van der Waals surface area (Å²) < 4.78 is 57.8.